The second-order valence-electron chi connectivity index (χ2n) is 1.75. The van der Waals surface area contributed by atoms with Crippen molar-refractivity contribution in [3.8, 4) is 5.92 Å². The van der Waals surface area contributed by atoms with Crippen molar-refractivity contribution >= 4 is 11.6 Å². The Hall–Kier alpha value is -1.00. The maximum Gasteiger partial charge on any atom is 0.124 e. The third-order valence-corrected chi connectivity index (χ3v) is 1.39. The molecule has 0 fully saturated rings. The van der Waals surface area contributed by atoms with E-state index in [2.05, 4.69) is 0 Å². The summed E-state index contributed by atoms with van der Waals surface area (Å²) in [7, 11) is 0. The van der Waals surface area contributed by atoms with Gasteiger partial charge < -0.3 is 0 Å². The molecule has 0 aliphatic carbocycles. The molecule has 0 saturated carbocycles. The van der Waals surface area contributed by atoms with E-state index in [1.54, 1.807) is 0 Å². The first-order valence-corrected chi connectivity index (χ1v) is 2.99. The topological polar surface area (TPSA) is 0 Å². The van der Waals surface area contributed by atoms with E-state index in [1.807, 2.05) is 5.92 Å². The maximum atomic E-state index is 12.4. The first-order valence-electron chi connectivity index (χ1n) is 2.62. The van der Waals surface area contributed by atoms with Crippen LogP contribution in [0.15, 0.2) is 18.2 Å². The SMILES string of the molecule is [C]#Cc1cc(F)ccc1Cl. The average Bonchev–Trinajstić information content (AvgIpc) is 1.94. The van der Waals surface area contributed by atoms with Gasteiger partial charge in [-0.1, -0.05) is 17.5 Å². The summed E-state index contributed by atoms with van der Waals surface area (Å²) in [6.07, 6.45) is 6.68. The van der Waals surface area contributed by atoms with Crippen molar-refractivity contribution in [1.82, 2.24) is 0 Å². The van der Waals surface area contributed by atoms with Gasteiger partial charge in [0.2, 0.25) is 0 Å². The summed E-state index contributed by atoms with van der Waals surface area (Å²) in [5.41, 5.74) is 0.279. The Bertz CT molecular complexity index is 286. The Balaban J connectivity index is 3.25. The van der Waals surface area contributed by atoms with Crippen LogP contribution in [0.25, 0.3) is 0 Å². The minimum atomic E-state index is -0.404. The zero-order valence-electron chi connectivity index (χ0n) is 4.99. The van der Waals surface area contributed by atoms with E-state index in [-0.39, 0.29) is 5.56 Å². The summed E-state index contributed by atoms with van der Waals surface area (Å²) in [6, 6.07) is 3.80. The lowest BCUT2D eigenvalue weighted by molar-refractivity contribution is 0.627. The summed E-state index contributed by atoms with van der Waals surface area (Å²) >= 11 is 5.55. The molecule has 0 aromatic heterocycles. The molecule has 0 aliphatic rings. The molecule has 49 valence electrons. The highest BCUT2D eigenvalue weighted by molar-refractivity contribution is 6.31. The molecule has 0 bridgehead atoms. The van der Waals surface area contributed by atoms with E-state index in [4.69, 9.17) is 18.0 Å². The highest BCUT2D eigenvalue weighted by atomic mass is 35.5. The number of hydrogen-bond donors (Lipinski definition) is 0. The second-order valence-corrected chi connectivity index (χ2v) is 2.16. The van der Waals surface area contributed by atoms with Crippen LogP contribution in [-0.2, 0) is 0 Å². The molecule has 2 heteroatoms. The van der Waals surface area contributed by atoms with Gasteiger partial charge >= 0.3 is 0 Å². The normalized spacial score (nSPS) is 8.90. The lowest BCUT2D eigenvalue weighted by atomic mass is 10.2. The Morgan fingerprint density at radius 2 is 2.20 bits per heavy atom. The predicted molar refractivity (Wildman–Crippen MR) is 37.6 cm³/mol. The smallest absolute Gasteiger partial charge is 0.124 e. The van der Waals surface area contributed by atoms with Gasteiger partial charge in [-0.3, -0.25) is 0 Å². The fourth-order valence-electron chi connectivity index (χ4n) is 0.593. The molecule has 0 atom stereocenters. The van der Waals surface area contributed by atoms with Crippen LogP contribution in [0.2, 0.25) is 5.02 Å². The lowest BCUT2D eigenvalue weighted by Gasteiger charge is -1.93. The van der Waals surface area contributed by atoms with Gasteiger partial charge in [0, 0.05) is 5.56 Å². The van der Waals surface area contributed by atoms with Crippen LogP contribution in [0.3, 0.4) is 0 Å². The second kappa shape index (κ2) is 2.72. The molecule has 0 heterocycles. The third-order valence-electron chi connectivity index (χ3n) is 1.06. The van der Waals surface area contributed by atoms with Gasteiger partial charge in [0.25, 0.3) is 0 Å². The summed E-state index contributed by atoms with van der Waals surface area (Å²) in [6.45, 7) is 0. The average molecular weight is 154 g/mol. The standard InChI is InChI=1S/C8H3ClF/c1-2-6-5-7(10)3-4-8(6)9/h3-5H. The third kappa shape index (κ3) is 1.29. The molecule has 0 saturated heterocycles. The van der Waals surface area contributed by atoms with Gasteiger partial charge in [0.1, 0.15) is 5.82 Å². The minimum absolute atomic E-state index is 0.279. The summed E-state index contributed by atoms with van der Waals surface area (Å²) in [4.78, 5) is 0. The van der Waals surface area contributed by atoms with Gasteiger partial charge in [-0.05, 0) is 24.6 Å². The van der Waals surface area contributed by atoms with Crippen molar-refractivity contribution in [2.24, 2.45) is 0 Å². The molecule has 1 rings (SSSR count). The molecular formula is C8H3ClF. The quantitative estimate of drug-likeness (QED) is 0.502. The number of rotatable bonds is 0. The van der Waals surface area contributed by atoms with E-state index in [9.17, 15) is 4.39 Å². The minimum Gasteiger partial charge on any atom is -0.207 e. The Labute approximate surface area is 63.6 Å². The summed E-state index contributed by atoms with van der Waals surface area (Å²) in [5, 5.41) is 0.344. The van der Waals surface area contributed by atoms with E-state index in [0.29, 0.717) is 5.02 Å². The van der Waals surface area contributed by atoms with E-state index in [0.717, 1.165) is 6.07 Å². The van der Waals surface area contributed by atoms with E-state index < -0.39 is 5.82 Å². The number of hydrogen-bond acceptors (Lipinski definition) is 0. The fourth-order valence-corrected chi connectivity index (χ4v) is 0.758. The van der Waals surface area contributed by atoms with Crippen molar-refractivity contribution < 1.29 is 4.39 Å². The zero-order valence-corrected chi connectivity index (χ0v) is 5.74. The van der Waals surface area contributed by atoms with Crippen molar-refractivity contribution in [1.29, 1.82) is 0 Å². The van der Waals surface area contributed by atoms with Crippen LogP contribution in [0.4, 0.5) is 4.39 Å². The van der Waals surface area contributed by atoms with Gasteiger partial charge in [-0.15, -0.1) is 0 Å². The van der Waals surface area contributed by atoms with Crippen molar-refractivity contribution in [3.05, 3.63) is 41.0 Å². The van der Waals surface area contributed by atoms with Gasteiger partial charge in [0.05, 0.1) is 5.02 Å². The van der Waals surface area contributed by atoms with Crippen molar-refractivity contribution in [3.63, 3.8) is 0 Å². The summed E-state index contributed by atoms with van der Waals surface area (Å²) in [5.74, 6) is 1.61. The molecule has 1 radical (unpaired) electrons. The predicted octanol–water partition coefficient (Wildman–Crippen LogP) is 2.42. The van der Waals surface area contributed by atoms with Crippen molar-refractivity contribution in [2.45, 2.75) is 0 Å². The van der Waals surface area contributed by atoms with Gasteiger partial charge in [0.15, 0.2) is 0 Å². The van der Waals surface area contributed by atoms with Crippen LogP contribution >= 0.6 is 11.6 Å². The van der Waals surface area contributed by atoms with Gasteiger partial charge in [-0.2, -0.15) is 0 Å². The Morgan fingerprint density at radius 3 is 2.70 bits per heavy atom. The molecule has 0 nitrogen and oxygen atoms in total. The Kier molecular flexibility index (Phi) is 1.94. The van der Waals surface area contributed by atoms with Crippen LogP contribution in [-0.4, -0.2) is 0 Å². The number of halogens is 2. The van der Waals surface area contributed by atoms with Crippen LogP contribution in [0, 0.1) is 18.2 Å². The summed E-state index contributed by atoms with van der Waals surface area (Å²) < 4.78 is 12.4. The van der Waals surface area contributed by atoms with Gasteiger partial charge in [-0.25, -0.2) is 4.39 Å². The fraction of sp³-hybridized carbons (Fsp3) is 0. The zero-order chi connectivity index (χ0) is 7.56. The molecule has 0 amide bonds. The van der Waals surface area contributed by atoms with Crippen LogP contribution in [0.5, 0.6) is 0 Å². The monoisotopic (exact) mass is 153 g/mol. The molecule has 0 unspecified atom stereocenters. The number of benzene rings is 1. The first kappa shape index (κ1) is 7.11. The molecule has 0 spiro atoms. The molecule has 10 heavy (non-hydrogen) atoms. The van der Waals surface area contributed by atoms with E-state index >= 15 is 0 Å². The molecule has 0 aliphatic heterocycles. The largest absolute Gasteiger partial charge is 0.207 e. The maximum absolute atomic E-state index is 12.4. The van der Waals surface area contributed by atoms with Crippen LogP contribution < -0.4 is 0 Å². The molecule has 1 aromatic rings. The Morgan fingerprint density at radius 1 is 1.50 bits per heavy atom. The highest BCUT2D eigenvalue weighted by Crippen LogP contribution is 2.15. The van der Waals surface area contributed by atoms with E-state index in [1.165, 1.54) is 12.1 Å². The highest BCUT2D eigenvalue weighted by Gasteiger charge is 1.96. The van der Waals surface area contributed by atoms with Crippen LogP contribution in [0.1, 0.15) is 5.56 Å². The molecule has 1 aromatic carbocycles. The lowest BCUT2D eigenvalue weighted by Crippen LogP contribution is -1.78. The van der Waals surface area contributed by atoms with Crippen molar-refractivity contribution in [2.75, 3.05) is 0 Å². The molecular weight excluding hydrogens is 151 g/mol. The first-order chi connectivity index (χ1) is 4.74. The molecule has 0 N–H and O–H groups in total.